The van der Waals surface area contributed by atoms with Crippen molar-refractivity contribution < 1.29 is 9.53 Å². The summed E-state index contributed by atoms with van der Waals surface area (Å²) in [6.07, 6.45) is 1.55. The van der Waals surface area contributed by atoms with Crippen LogP contribution in [0.15, 0.2) is 24.3 Å². The maximum absolute atomic E-state index is 10.8. The molecular formula is C12H19NO2. The van der Waals surface area contributed by atoms with Gasteiger partial charge in [0.2, 0.25) is 0 Å². The summed E-state index contributed by atoms with van der Waals surface area (Å²) in [5, 5.41) is 0. The molecular weight excluding hydrogens is 190 g/mol. The van der Waals surface area contributed by atoms with Crippen LogP contribution in [-0.2, 0) is 16.0 Å². The Kier molecular flexibility index (Phi) is 7.06. The lowest BCUT2D eigenvalue weighted by Crippen LogP contribution is -2.04. The molecule has 0 unspecified atom stereocenters. The number of esters is 1. The molecule has 0 saturated carbocycles. The van der Waals surface area contributed by atoms with Gasteiger partial charge in [-0.2, -0.15) is 0 Å². The average molecular weight is 209 g/mol. The number of methoxy groups -OCH3 is 1. The normalized spacial score (nSPS) is 8.73. The highest BCUT2D eigenvalue weighted by atomic mass is 16.5. The van der Waals surface area contributed by atoms with Crippen molar-refractivity contribution >= 4 is 11.7 Å². The quantitative estimate of drug-likeness (QED) is 0.601. The summed E-state index contributed by atoms with van der Waals surface area (Å²) in [7, 11) is 1.37. The zero-order valence-corrected chi connectivity index (χ0v) is 9.62. The van der Waals surface area contributed by atoms with E-state index in [9.17, 15) is 4.79 Å². The fourth-order valence-electron chi connectivity index (χ4n) is 0.874. The monoisotopic (exact) mass is 209 g/mol. The first-order valence-corrected chi connectivity index (χ1v) is 5.05. The fourth-order valence-corrected chi connectivity index (χ4v) is 0.874. The highest BCUT2D eigenvalue weighted by Crippen LogP contribution is 2.06. The van der Waals surface area contributed by atoms with Gasteiger partial charge in [-0.1, -0.05) is 32.4 Å². The minimum Gasteiger partial charge on any atom is -0.469 e. The van der Waals surface area contributed by atoms with Crippen molar-refractivity contribution in [2.75, 3.05) is 12.8 Å². The molecule has 0 aliphatic carbocycles. The van der Waals surface area contributed by atoms with E-state index >= 15 is 0 Å². The second kappa shape index (κ2) is 7.85. The number of rotatable bonds is 2. The number of carbonyl (C=O) groups is 1. The van der Waals surface area contributed by atoms with E-state index in [1.807, 2.05) is 12.1 Å². The van der Waals surface area contributed by atoms with Crippen LogP contribution in [0.1, 0.15) is 25.8 Å². The number of hydrogen-bond acceptors (Lipinski definition) is 3. The number of nitrogens with two attached hydrogens (primary N) is 1. The highest BCUT2D eigenvalue weighted by Gasteiger charge is 2.00. The molecule has 3 nitrogen and oxygen atoms in total. The lowest BCUT2D eigenvalue weighted by molar-refractivity contribution is -0.139. The van der Waals surface area contributed by atoms with Crippen LogP contribution in [0.3, 0.4) is 0 Å². The molecule has 0 amide bonds. The molecule has 0 fully saturated rings. The highest BCUT2D eigenvalue weighted by molar-refractivity contribution is 5.72. The third kappa shape index (κ3) is 6.55. The second-order valence-corrected chi connectivity index (χ2v) is 3.20. The van der Waals surface area contributed by atoms with E-state index in [-0.39, 0.29) is 5.97 Å². The largest absolute Gasteiger partial charge is 0.469 e. The van der Waals surface area contributed by atoms with Crippen molar-refractivity contribution in [2.24, 2.45) is 0 Å². The molecule has 1 aromatic carbocycles. The maximum Gasteiger partial charge on any atom is 0.309 e. The lowest BCUT2D eigenvalue weighted by atomic mass is 10.1. The van der Waals surface area contributed by atoms with E-state index in [4.69, 9.17) is 5.73 Å². The first-order chi connectivity index (χ1) is 7.13. The molecule has 0 radical (unpaired) electrons. The Morgan fingerprint density at radius 3 is 2.13 bits per heavy atom. The summed E-state index contributed by atoms with van der Waals surface area (Å²) in [5.41, 5.74) is 7.08. The van der Waals surface area contributed by atoms with Gasteiger partial charge >= 0.3 is 5.97 Å². The second-order valence-electron chi connectivity index (χ2n) is 3.20. The molecule has 0 spiro atoms. The van der Waals surface area contributed by atoms with Gasteiger partial charge in [0.05, 0.1) is 13.5 Å². The molecule has 0 aromatic heterocycles. The van der Waals surface area contributed by atoms with Gasteiger partial charge in [0.15, 0.2) is 0 Å². The molecule has 15 heavy (non-hydrogen) atoms. The number of benzene rings is 1. The van der Waals surface area contributed by atoms with Crippen LogP contribution >= 0.6 is 0 Å². The van der Waals surface area contributed by atoms with Gasteiger partial charge in [-0.25, -0.2) is 0 Å². The van der Waals surface area contributed by atoms with Gasteiger partial charge < -0.3 is 10.5 Å². The number of carbonyl (C=O) groups excluding carboxylic acids is 1. The third-order valence-electron chi connectivity index (χ3n) is 1.56. The molecule has 0 heterocycles. The Labute approximate surface area is 91.2 Å². The summed E-state index contributed by atoms with van der Waals surface area (Å²) >= 11 is 0. The molecule has 0 saturated heterocycles. The van der Waals surface area contributed by atoms with Gasteiger partial charge in [-0.3, -0.25) is 4.79 Å². The van der Waals surface area contributed by atoms with E-state index in [0.717, 1.165) is 5.56 Å². The third-order valence-corrected chi connectivity index (χ3v) is 1.56. The molecule has 0 aliphatic rings. The van der Waals surface area contributed by atoms with Gasteiger partial charge in [-0.15, -0.1) is 0 Å². The van der Waals surface area contributed by atoms with Gasteiger partial charge in [-0.05, 0) is 17.7 Å². The van der Waals surface area contributed by atoms with Crippen LogP contribution in [0.2, 0.25) is 0 Å². The Hall–Kier alpha value is -1.51. The number of ether oxygens (including phenoxy) is 1. The van der Waals surface area contributed by atoms with Gasteiger partial charge in [0.1, 0.15) is 0 Å². The van der Waals surface area contributed by atoms with Crippen LogP contribution in [0.5, 0.6) is 0 Å². The lowest BCUT2D eigenvalue weighted by Gasteiger charge is -1.99. The van der Waals surface area contributed by atoms with E-state index < -0.39 is 0 Å². The van der Waals surface area contributed by atoms with E-state index in [2.05, 4.69) is 18.6 Å². The number of hydrogen-bond donors (Lipinski definition) is 1. The molecule has 0 aliphatic heterocycles. The molecule has 0 bridgehead atoms. The Bertz CT molecular complexity index is 280. The van der Waals surface area contributed by atoms with Crippen LogP contribution in [0, 0.1) is 0 Å². The first-order valence-electron chi connectivity index (χ1n) is 5.05. The zero-order chi connectivity index (χ0) is 11.7. The average Bonchev–Trinajstić information content (AvgIpc) is 2.22. The van der Waals surface area contributed by atoms with E-state index in [1.165, 1.54) is 13.5 Å². The summed E-state index contributed by atoms with van der Waals surface area (Å²) < 4.78 is 4.51. The minimum atomic E-state index is -0.236. The van der Waals surface area contributed by atoms with Crippen LogP contribution < -0.4 is 5.73 Å². The maximum atomic E-state index is 10.8. The minimum absolute atomic E-state index is 0.236. The molecule has 84 valence electrons. The fraction of sp³-hybridized carbons (Fsp3) is 0.417. The van der Waals surface area contributed by atoms with Crippen LogP contribution in [0.25, 0.3) is 0 Å². The van der Waals surface area contributed by atoms with Crippen molar-refractivity contribution in [1.29, 1.82) is 0 Å². The standard InChI is InChI=1S/C9H11NO2.C3H8/c1-12-9(11)6-7-2-4-8(10)5-3-7;1-3-2/h2-5H,6,10H2,1H3;3H2,1-2H3. The molecule has 2 N–H and O–H groups in total. The Morgan fingerprint density at radius 2 is 1.73 bits per heavy atom. The van der Waals surface area contributed by atoms with Crippen molar-refractivity contribution in [3.63, 3.8) is 0 Å². The summed E-state index contributed by atoms with van der Waals surface area (Å²) in [6, 6.07) is 7.15. The predicted octanol–water partition coefficient (Wildman–Crippen LogP) is 2.40. The van der Waals surface area contributed by atoms with E-state index in [0.29, 0.717) is 12.1 Å². The molecule has 1 aromatic rings. The van der Waals surface area contributed by atoms with E-state index in [1.54, 1.807) is 12.1 Å². The van der Waals surface area contributed by atoms with Crippen molar-refractivity contribution in [3.05, 3.63) is 29.8 Å². The SMILES string of the molecule is CCC.COC(=O)Cc1ccc(N)cc1. The van der Waals surface area contributed by atoms with Crippen LogP contribution in [-0.4, -0.2) is 13.1 Å². The Morgan fingerprint density at radius 1 is 1.27 bits per heavy atom. The smallest absolute Gasteiger partial charge is 0.309 e. The predicted molar refractivity (Wildman–Crippen MR) is 62.5 cm³/mol. The molecule has 0 atom stereocenters. The number of nitrogen functional groups attached to an aromatic ring is 1. The van der Waals surface area contributed by atoms with Gasteiger partial charge in [0.25, 0.3) is 0 Å². The summed E-state index contributed by atoms with van der Waals surface area (Å²) in [5.74, 6) is -0.236. The van der Waals surface area contributed by atoms with Crippen LogP contribution in [0.4, 0.5) is 5.69 Å². The first kappa shape index (κ1) is 13.5. The molecule has 1 rings (SSSR count). The summed E-state index contributed by atoms with van der Waals surface area (Å²) in [6.45, 7) is 4.25. The van der Waals surface area contributed by atoms with Crippen molar-refractivity contribution in [2.45, 2.75) is 26.7 Å². The Balaban J connectivity index is 0.000000583. The van der Waals surface area contributed by atoms with Crippen molar-refractivity contribution in [3.8, 4) is 0 Å². The number of anilines is 1. The molecule has 3 heteroatoms. The van der Waals surface area contributed by atoms with Crippen molar-refractivity contribution in [1.82, 2.24) is 0 Å². The topological polar surface area (TPSA) is 52.3 Å². The van der Waals surface area contributed by atoms with Gasteiger partial charge in [0, 0.05) is 5.69 Å². The zero-order valence-electron chi connectivity index (χ0n) is 9.62. The summed E-state index contributed by atoms with van der Waals surface area (Å²) in [4.78, 5) is 10.8.